The molecule has 0 bridgehead atoms. The minimum Gasteiger partial charge on any atom is -0.489 e. The van der Waals surface area contributed by atoms with E-state index in [1.54, 1.807) is 4.90 Å². The van der Waals surface area contributed by atoms with Crippen LogP contribution in [0.15, 0.2) is 54.6 Å². The van der Waals surface area contributed by atoms with Crippen molar-refractivity contribution in [2.45, 2.75) is 44.9 Å². The van der Waals surface area contributed by atoms with E-state index in [9.17, 15) is 14.7 Å². The largest absolute Gasteiger partial charge is 0.489 e. The maximum Gasteiger partial charge on any atom is 0.313 e. The molecular formula is C24H29NO5. The van der Waals surface area contributed by atoms with Gasteiger partial charge in [-0.2, -0.15) is 0 Å². The molecule has 1 aliphatic heterocycles. The van der Waals surface area contributed by atoms with E-state index in [0.29, 0.717) is 26.0 Å². The van der Waals surface area contributed by atoms with Gasteiger partial charge in [-0.1, -0.05) is 55.8 Å². The van der Waals surface area contributed by atoms with Gasteiger partial charge in [-0.3, -0.25) is 9.59 Å². The van der Waals surface area contributed by atoms with E-state index in [2.05, 4.69) is 0 Å². The molecule has 1 aliphatic rings. The van der Waals surface area contributed by atoms with Crippen LogP contribution in [0.3, 0.4) is 0 Å². The fraction of sp³-hybridized carbons (Fsp3) is 0.417. The van der Waals surface area contributed by atoms with Gasteiger partial charge >= 0.3 is 5.97 Å². The zero-order valence-corrected chi connectivity index (χ0v) is 17.5. The van der Waals surface area contributed by atoms with Crippen LogP contribution in [0.25, 0.3) is 0 Å². The maximum atomic E-state index is 12.6. The van der Waals surface area contributed by atoms with Gasteiger partial charge in [0.2, 0.25) is 0 Å². The van der Waals surface area contributed by atoms with Crippen LogP contribution in [0.1, 0.15) is 30.9 Å². The molecule has 2 aromatic carbocycles. The van der Waals surface area contributed by atoms with E-state index in [0.717, 1.165) is 23.3 Å². The number of ether oxygens (including phenoxy) is 2. The minimum absolute atomic E-state index is 0.335. The summed E-state index contributed by atoms with van der Waals surface area (Å²) in [6.45, 7) is 2.95. The van der Waals surface area contributed by atoms with Crippen LogP contribution in [-0.2, 0) is 27.4 Å². The van der Waals surface area contributed by atoms with E-state index < -0.39 is 23.9 Å². The molecule has 0 aliphatic carbocycles. The zero-order chi connectivity index (χ0) is 21.5. The number of benzene rings is 2. The lowest BCUT2D eigenvalue weighted by molar-refractivity contribution is -0.150. The van der Waals surface area contributed by atoms with Gasteiger partial charge in [-0.15, -0.1) is 0 Å². The molecule has 3 rings (SSSR count). The molecule has 1 heterocycles. The highest BCUT2D eigenvalue weighted by molar-refractivity contribution is 5.91. The first kappa shape index (κ1) is 21.8. The second-order valence-corrected chi connectivity index (χ2v) is 7.55. The third kappa shape index (κ3) is 5.00. The molecule has 1 fully saturated rings. The fourth-order valence-corrected chi connectivity index (χ4v) is 3.96. The van der Waals surface area contributed by atoms with Crippen molar-refractivity contribution >= 4 is 11.9 Å². The number of aliphatic hydroxyl groups is 1. The summed E-state index contributed by atoms with van der Waals surface area (Å²) in [4.78, 5) is 26.3. The van der Waals surface area contributed by atoms with Crippen LogP contribution in [0.5, 0.6) is 5.75 Å². The number of nitrogens with zero attached hydrogens (tertiary/aromatic N) is 1. The van der Waals surface area contributed by atoms with Gasteiger partial charge in [0.1, 0.15) is 24.4 Å². The predicted molar refractivity (Wildman–Crippen MR) is 113 cm³/mol. The van der Waals surface area contributed by atoms with Gasteiger partial charge in [0.15, 0.2) is 0 Å². The molecule has 0 saturated carbocycles. The van der Waals surface area contributed by atoms with Gasteiger partial charge in [0.05, 0.1) is 7.11 Å². The number of hydrogen-bond donors (Lipinski definition) is 1. The molecule has 6 heteroatoms. The molecule has 1 saturated heterocycles. The van der Waals surface area contributed by atoms with E-state index >= 15 is 0 Å². The highest BCUT2D eigenvalue weighted by Gasteiger charge is 2.50. The van der Waals surface area contributed by atoms with Gasteiger partial charge in [-0.25, -0.2) is 0 Å². The van der Waals surface area contributed by atoms with E-state index in [-0.39, 0.29) is 6.04 Å². The predicted octanol–water partition coefficient (Wildman–Crippen LogP) is 2.97. The van der Waals surface area contributed by atoms with Crippen LogP contribution in [0.4, 0.5) is 0 Å². The summed E-state index contributed by atoms with van der Waals surface area (Å²) in [7, 11) is 1.28. The second kappa shape index (κ2) is 10.3. The second-order valence-electron chi connectivity index (χ2n) is 7.55. The number of carbonyl (C=O) groups is 2. The third-order valence-electron chi connectivity index (χ3n) is 5.56. The summed E-state index contributed by atoms with van der Waals surface area (Å²) in [6, 6.07) is 17.4. The van der Waals surface area contributed by atoms with Crippen molar-refractivity contribution in [1.29, 1.82) is 0 Å². The topological polar surface area (TPSA) is 76.1 Å². The van der Waals surface area contributed by atoms with Crippen LogP contribution < -0.4 is 4.74 Å². The van der Waals surface area contributed by atoms with Gasteiger partial charge in [0, 0.05) is 12.6 Å². The Kier molecular flexibility index (Phi) is 7.46. The summed E-state index contributed by atoms with van der Waals surface area (Å²) in [5.41, 5.74) is 2.16. The van der Waals surface area contributed by atoms with Gasteiger partial charge in [-0.05, 0) is 36.1 Å². The summed E-state index contributed by atoms with van der Waals surface area (Å²) in [6.07, 6.45) is 0.755. The molecule has 0 aromatic heterocycles. The van der Waals surface area contributed by atoms with Crippen LogP contribution in [0, 0.1) is 5.92 Å². The summed E-state index contributed by atoms with van der Waals surface area (Å²) >= 11 is 0. The lowest BCUT2D eigenvalue weighted by Gasteiger charge is -2.26. The molecule has 0 spiro atoms. The third-order valence-corrected chi connectivity index (χ3v) is 5.56. The Morgan fingerprint density at radius 1 is 1.07 bits per heavy atom. The van der Waals surface area contributed by atoms with Crippen LogP contribution >= 0.6 is 0 Å². The van der Waals surface area contributed by atoms with Crippen molar-refractivity contribution in [2.75, 3.05) is 13.7 Å². The molecule has 6 nitrogen and oxygen atoms in total. The number of rotatable bonds is 9. The first-order chi connectivity index (χ1) is 14.5. The van der Waals surface area contributed by atoms with E-state index in [1.165, 1.54) is 7.11 Å². The Morgan fingerprint density at radius 2 is 1.77 bits per heavy atom. The first-order valence-corrected chi connectivity index (χ1v) is 10.4. The lowest BCUT2D eigenvalue weighted by Crippen LogP contribution is -2.38. The lowest BCUT2D eigenvalue weighted by atomic mass is 9.94. The van der Waals surface area contributed by atoms with Crippen molar-refractivity contribution in [2.24, 2.45) is 5.92 Å². The number of carbonyl (C=O) groups excluding carboxylic acids is 2. The van der Waals surface area contributed by atoms with Crippen molar-refractivity contribution in [3.8, 4) is 5.75 Å². The molecular weight excluding hydrogens is 382 g/mol. The number of hydrogen-bond acceptors (Lipinski definition) is 5. The Labute approximate surface area is 177 Å². The number of amides is 1. The first-order valence-electron chi connectivity index (χ1n) is 10.4. The highest BCUT2D eigenvalue weighted by atomic mass is 16.5. The molecule has 2 aromatic rings. The minimum atomic E-state index is -1.33. The Morgan fingerprint density at radius 3 is 2.40 bits per heavy atom. The zero-order valence-electron chi connectivity index (χ0n) is 17.5. The van der Waals surface area contributed by atoms with Crippen molar-refractivity contribution in [3.63, 3.8) is 0 Å². The van der Waals surface area contributed by atoms with Crippen LogP contribution in [-0.4, -0.2) is 47.7 Å². The molecule has 1 amide bonds. The molecule has 160 valence electrons. The molecule has 0 radical (unpaired) electrons. The normalized spacial score (nSPS) is 21.0. The van der Waals surface area contributed by atoms with E-state index in [4.69, 9.17) is 9.47 Å². The standard InChI is InChI=1S/C24H29NO5/c1-3-7-20-21(24(28)29-2)22(26)23(27)25(20)15-14-17-10-12-19(13-11-17)30-16-18-8-5-4-6-9-18/h4-6,8-13,20-22,26H,3,7,14-16H2,1-2H3/t20-,21-,22+/m0/s1. The monoisotopic (exact) mass is 411 g/mol. The Balaban J connectivity index is 1.59. The SMILES string of the molecule is CCC[C@H]1[C@H](C(=O)OC)[C@@H](O)C(=O)N1CCc1ccc(OCc2ccccc2)cc1. The summed E-state index contributed by atoms with van der Waals surface area (Å²) in [5.74, 6) is -0.968. The van der Waals surface area contributed by atoms with E-state index in [1.807, 2.05) is 61.5 Å². The Bertz CT molecular complexity index is 836. The van der Waals surface area contributed by atoms with Crippen molar-refractivity contribution < 1.29 is 24.2 Å². The van der Waals surface area contributed by atoms with Crippen molar-refractivity contribution in [1.82, 2.24) is 4.90 Å². The number of aliphatic hydroxyl groups excluding tert-OH is 1. The molecule has 3 atom stereocenters. The average Bonchev–Trinajstić information content (AvgIpc) is 3.01. The molecule has 30 heavy (non-hydrogen) atoms. The summed E-state index contributed by atoms with van der Waals surface area (Å²) in [5, 5.41) is 10.3. The quantitative estimate of drug-likeness (QED) is 0.642. The number of likely N-dealkylation sites (tertiary alicyclic amines) is 1. The average molecular weight is 411 g/mol. The molecule has 1 N–H and O–H groups in total. The molecule has 0 unspecified atom stereocenters. The highest BCUT2D eigenvalue weighted by Crippen LogP contribution is 2.30. The van der Waals surface area contributed by atoms with Crippen molar-refractivity contribution in [3.05, 3.63) is 65.7 Å². The number of methoxy groups -OCH3 is 1. The Hall–Kier alpha value is -2.86. The van der Waals surface area contributed by atoms with Crippen LogP contribution in [0.2, 0.25) is 0 Å². The fourth-order valence-electron chi connectivity index (χ4n) is 3.96. The van der Waals surface area contributed by atoms with Gasteiger partial charge in [0.25, 0.3) is 5.91 Å². The number of esters is 1. The smallest absolute Gasteiger partial charge is 0.313 e. The van der Waals surface area contributed by atoms with Gasteiger partial charge < -0.3 is 19.5 Å². The summed E-state index contributed by atoms with van der Waals surface area (Å²) < 4.78 is 10.6. The maximum absolute atomic E-state index is 12.6.